The van der Waals surface area contributed by atoms with Crippen LogP contribution in [0.1, 0.15) is 11.1 Å². The predicted molar refractivity (Wildman–Crippen MR) is 96.3 cm³/mol. The zero-order valence-corrected chi connectivity index (χ0v) is 14.2. The second-order valence-corrected chi connectivity index (χ2v) is 6.33. The Morgan fingerprint density at radius 2 is 1.91 bits per heavy atom. The molecule has 1 amide bonds. The molecule has 1 N–H and O–H groups in total. The molecule has 0 aliphatic carbocycles. The third-order valence-electron chi connectivity index (χ3n) is 3.77. The molecule has 116 valence electrons. The van der Waals surface area contributed by atoms with Crippen LogP contribution in [0.3, 0.4) is 0 Å². The summed E-state index contributed by atoms with van der Waals surface area (Å²) in [5, 5.41) is 5.14. The van der Waals surface area contributed by atoms with Crippen LogP contribution in [0.15, 0.2) is 65.4 Å². The Morgan fingerprint density at radius 1 is 1.09 bits per heavy atom. The number of hydrogen-bond acceptors (Lipinski definition) is 2. The first-order chi connectivity index (χ1) is 11.2. The van der Waals surface area contributed by atoms with E-state index in [1.54, 1.807) is 6.20 Å². The monoisotopic (exact) mass is 368 g/mol. The largest absolute Gasteiger partial charge is 0.355 e. The number of nitrogens with one attached hydrogen (secondary N) is 1. The van der Waals surface area contributed by atoms with E-state index < -0.39 is 0 Å². The molecule has 1 heterocycles. The van der Waals surface area contributed by atoms with Gasteiger partial charge in [-0.15, -0.1) is 0 Å². The van der Waals surface area contributed by atoms with Crippen LogP contribution in [0, 0.1) is 0 Å². The number of amides is 1. The lowest BCUT2D eigenvalue weighted by molar-refractivity contribution is -0.120. The van der Waals surface area contributed by atoms with Crippen molar-refractivity contribution in [1.82, 2.24) is 10.3 Å². The van der Waals surface area contributed by atoms with Gasteiger partial charge in [-0.25, -0.2) is 0 Å². The molecule has 0 radical (unpaired) electrons. The smallest absolute Gasteiger partial charge is 0.224 e. The molecule has 0 saturated carbocycles. The molecule has 3 aromatic rings. The number of rotatable bonds is 5. The fraction of sp³-hybridized carbons (Fsp3) is 0.158. The molecule has 0 atom stereocenters. The molecular weight excluding hydrogens is 352 g/mol. The molecule has 0 aliphatic heterocycles. The van der Waals surface area contributed by atoms with Crippen molar-refractivity contribution < 1.29 is 4.79 Å². The molecule has 0 unspecified atom stereocenters. The van der Waals surface area contributed by atoms with Crippen molar-refractivity contribution in [3.63, 3.8) is 0 Å². The van der Waals surface area contributed by atoms with Gasteiger partial charge >= 0.3 is 0 Å². The van der Waals surface area contributed by atoms with E-state index in [1.165, 1.54) is 5.56 Å². The first-order valence-electron chi connectivity index (χ1n) is 7.55. The third kappa shape index (κ3) is 4.17. The van der Waals surface area contributed by atoms with Crippen molar-refractivity contribution in [3.05, 3.63) is 76.5 Å². The minimum absolute atomic E-state index is 0.0476. The Morgan fingerprint density at radius 3 is 2.74 bits per heavy atom. The highest BCUT2D eigenvalue weighted by Crippen LogP contribution is 2.17. The van der Waals surface area contributed by atoms with Crippen LogP contribution >= 0.6 is 15.9 Å². The molecule has 3 rings (SSSR count). The van der Waals surface area contributed by atoms with Gasteiger partial charge in [0.25, 0.3) is 0 Å². The first kappa shape index (κ1) is 15.7. The fourth-order valence-electron chi connectivity index (χ4n) is 2.58. The van der Waals surface area contributed by atoms with Gasteiger partial charge in [-0.05, 0) is 41.1 Å². The van der Waals surface area contributed by atoms with Crippen LogP contribution in [-0.2, 0) is 17.6 Å². The normalized spacial score (nSPS) is 10.7. The van der Waals surface area contributed by atoms with Crippen LogP contribution in [-0.4, -0.2) is 17.4 Å². The summed E-state index contributed by atoms with van der Waals surface area (Å²) in [6.45, 7) is 0.646. The van der Waals surface area contributed by atoms with Gasteiger partial charge in [0.15, 0.2) is 0 Å². The molecular formula is C19H17BrN2O. The molecule has 3 nitrogen and oxygen atoms in total. The number of nitrogens with zero attached hydrogens (tertiary/aromatic N) is 1. The van der Waals surface area contributed by atoms with Gasteiger partial charge < -0.3 is 5.32 Å². The zero-order valence-electron chi connectivity index (χ0n) is 12.6. The SMILES string of the molecule is O=C(Cc1cccc2cnccc12)NCCc1ccc(Br)cc1. The van der Waals surface area contributed by atoms with E-state index in [0.29, 0.717) is 13.0 Å². The highest BCUT2D eigenvalue weighted by molar-refractivity contribution is 9.10. The van der Waals surface area contributed by atoms with Crippen LogP contribution < -0.4 is 5.32 Å². The van der Waals surface area contributed by atoms with Gasteiger partial charge in [-0.3, -0.25) is 9.78 Å². The first-order valence-corrected chi connectivity index (χ1v) is 8.34. The topological polar surface area (TPSA) is 42.0 Å². The van der Waals surface area contributed by atoms with Crippen molar-refractivity contribution in [3.8, 4) is 0 Å². The summed E-state index contributed by atoms with van der Waals surface area (Å²) >= 11 is 3.42. The Hall–Kier alpha value is -2.20. The summed E-state index contributed by atoms with van der Waals surface area (Å²) in [6.07, 6.45) is 4.81. The van der Waals surface area contributed by atoms with E-state index in [2.05, 4.69) is 38.4 Å². The van der Waals surface area contributed by atoms with Crippen molar-refractivity contribution in [2.24, 2.45) is 0 Å². The van der Waals surface area contributed by atoms with Gasteiger partial charge in [0.2, 0.25) is 5.91 Å². The highest BCUT2D eigenvalue weighted by Gasteiger charge is 2.06. The molecule has 4 heteroatoms. The Bertz CT molecular complexity index is 810. The van der Waals surface area contributed by atoms with Gasteiger partial charge in [0, 0.05) is 28.8 Å². The number of benzene rings is 2. The van der Waals surface area contributed by atoms with E-state index in [9.17, 15) is 4.79 Å². The van der Waals surface area contributed by atoms with Gasteiger partial charge in [0.05, 0.1) is 6.42 Å². The maximum atomic E-state index is 12.2. The highest BCUT2D eigenvalue weighted by atomic mass is 79.9. The summed E-state index contributed by atoms with van der Waals surface area (Å²) in [7, 11) is 0. The summed E-state index contributed by atoms with van der Waals surface area (Å²) in [5.41, 5.74) is 2.25. The molecule has 1 aromatic heterocycles. The van der Waals surface area contributed by atoms with E-state index >= 15 is 0 Å². The number of halogens is 1. The maximum absolute atomic E-state index is 12.2. The second-order valence-electron chi connectivity index (χ2n) is 5.42. The average molecular weight is 369 g/mol. The Labute approximate surface area is 143 Å². The number of carbonyl (C=O) groups is 1. The van der Waals surface area contributed by atoms with Crippen molar-refractivity contribution in [2.75, 3.05) is 6.54 Å². The molecule has 23 heavy (non-hydrogen) atoms. The quantitative estimate of drug-likeness (QED) is 0.741. The van der Waals surface area contributed by atoms with Gasteiger partial charge in [-0.1, -0.05) is 46.3 Å². The van der Waals surface area contributed by atoms with E-state index in [1.807, 2.05) is 42.6 Å². The fourth-order valence-corrected chi connectivity index (χ4v) is 2.84. The molecule has 0 bridgehead atoms. The molecule has 0 spiro atoms. The summed E-state index contributed by atoms with van der Waals surface area (Å²) in [6, 6.07) is 16.1. The van der Waals surface area contributed by atoms with Crippen molar-refractivity contribution in [1.29, 1.82) is 0 Å². The predicted octanol–water partition coefficient (Wildman–Crippen LogP) is 3.90. The second kappa shape index (κ2) is 7.38. The minimum atomic E-state index is 0.0476. The van der Waals surface area contributed by atoms with E-state index in [4.69, 9.17) is 0 Å². The maximum Gasteiger partial charge on any atom is 0.224 e. The standard InChI is InChI=1S/C19H17BrN2O/c20-17-6-4-14(5-7-17)8-11-22-19(23)12-15-2-1-3-16-13-21-10-9-18(15)16/h1-7,9-10,13H,8,11-12H2,(H,22,23). The number of carbonyl (C=O) groups excluding carboxylic acids is 1. The number of fused-ring (bicyclic) bond motifs is 1. The molecule has 0 saturated heterocycles. The van der Waals surface area contributed by atoms with Crippen molar-refractivity contribution >= 4 is 32.6 Å². The Balaban J connectivity index is 1.57. The summed E-state index contributed by atoms with van der Waals surface area (Å²) in [5.74, 6) is 0.0476. The summed E-state index contributed by atoms with van der Waals surface area (Å²) in [4.78, 5) is 16.3. The summed E-state index contributed by atoms with van der Waals surface area (Å²) < 4.78 is 1.07. The van der Waals surface area contributed by atoms with E-state index in [0.717, 1.165) is 27.2 Å². The van der Waals surface area contributed by atoms with Crippen LogP contribution in [0.2, 0.25) is 0 Å². The van der Waals surface area contributed by atoms with Crippen LogP contribution in [0.25, 0.3) is 10.8 Å². The Kier molecular flexibility index (Phi) is 5.03. The number of aromatic nitrogens is 1. The third-order valence-corrected chi connectivity index (χ3v) is 4.30. The van der Waals surface area contributed by atoms with Crippen LogP contribution in [0.4, 0.5) is 0 Å². The average Bonchev–Trinajstić information content (AvgIpc) is 2.57. The number of hydrogen-bond donors (Lipinski definition) is 1. The molecule has 0 fully saturated rings. The van der Waals surface area contributed by atoms with E-state index in [-0.39, 0.29) is 5.91 Å². The lowest BCUT2D eigenvalue weighted by Gasteiger charge is -2.08. The molecule has 0 aliphatic rings. The van der Waals surface area contributed by atoms with Crippen LogP contribution in [0.5, 0.6) is 0 Å². The van der Waals surface area contributed by atoms with Gasteiger partial charge in [-0.2, -0.15) is 0 Å². The van der Waals surface area contributed by atoms with Crippen molar-refractivity contribution in [2.45, 2.75) is 12.8 Å². The number of pyridine rings is 1. The lowest BCUT2D eigenvalue weighted by atomic mass is 10.0. The van der Waals surface area contributed by atoms with Gasteiger partial charge in [0.1, 0.15) is 0 Å². The molecule has 2 aromatic carbocycles. The minimum Gasteiger partial charge on any atom is -0.355 e. The lowest BCUT2D eigenvalue weighted by Crippen LogP contribution is -2.27. The zero-order chi connectivity index (χ0) is 16.1.